The van der Waals surface area contributed by atoms with Crippen molar-refractivity contribution < 1.29 is 28.6 Å². The largest absolute Gasteiger partial charge is 0.462 e. The second kappa shape index (κ2) is 66.8. The predicted octanol–water partition coefficient (Wildman–Crippen LogP) is 23.2. The predicted molar refractivity (Wildman–Crippen MR) is 344 cm³/mol. The first-order valence-electron chi connectivity index (χ1n) is 33.7. The molecule has 0 aliphatic rings. The Morgan fingerprint density at radius 3 is 0.772 bits per heavy atom. The van der Waals surface area contributed by atoms with Gasteiger partial charge in [-0.25, -0.2) is 0 Å². The van der Waals surface area contributed by atoms with Gasteiger partial charge in [-0.2, -0.15) is 0 Å². The number of allylic oxidation sites excluding steroid dienone is 16. The summed E-state index contributed by atoms with van der Waals surface area (Å²) in [4.78, 5) is 38.3. The van der Waals surface area contributed by atoms with Crippen LogP contribution in [-0.2, 0) is 28.6 Å². The van der Waals surface area contributed by atoms with E-state index >= 15 is 0 Å². The fourth-order valence-corrected chi connectivity index (χ4v) is 9.54. The third-order valence-corrected chi connectivity index (χ3v) is 14.6. The van der Waals surface area contributed by atoms with Gasteiger partial charge in [0, 0.05) is 19.3 Å². The van der Waals surface area contributed by atoms with Crippen LogP contribution in [0.25, 0.3) is 0 Å². The maximum atomic E-state index is 12.9. The monoisotopic (exact) mass is 1100 g/mol. The SMILES string of the molecule is CC/C=C\C/C=C\C/C=C\C/C=C\C/C=C\CCCCCCCCCCCCCCCC(=O)OCC(COC(=O)CCCCCCCCCCC)OC(=O)CCCCCCCCCC/C=C\C/C=C\C/C=C\CCCCCCC. The molecule has 0 aliphatic heterocycles. The van der Waals surface area contributed by atoms with Gasteiger partial charge in [0.15, 0.2) is 6.10 Å². The van der Waals surface area contributed by atoms with E-state index in [1.807, 2.05) is 0 Å². The van der Waals surface area contributed by atoms with Gasteiger partial charge in [-0.1, -0.05) is 304 Å². The van der Waals surface area contributed by atoms with E-state index in [9.17, 15) is 14.4 Å². The lowest BCUT2D eigenvalue weighted by Crippen LogP contribution is -2.30. The van der Waals surface area contributed by atoms with Crippen molar-refractivity contribution in [2.24, 2.45) is 0 Å². The smallest absolute Gasteiger partial charge is 0.306 e. The quantitative estimate of drug-likeness (QED) is 0.0261. The molecule has 0 radical (unpaired) electrons. The van der Waals surface area contributed by atoms with E-state index in [2.05, 4.69) is 118 Å². The molecular weight excluding hydrogens is 973 g/mol. The van der Waals surface area contributed by atoms with E-state index < -0.39 is 6.10 Å². The number of esters is 3. The fraction of sp³-hybridized carbons (Fsp3) is 0.740. The molecule has 0 aromatic heterocycles. The number of carbonyl (C=O) groups excluding carboxylic acids is 3. The Balaban J connectivity index is 4.19. The zero-order valence-corrected chi connectivity index (χ0v) is 52.1. The standard InChI is InChI=1S/C73H126O6/c1-4-7-10-13-16-19-21-23-25-27-29-31-33-34-35-36-37-38-40-41-43-45-47-49-51-54-57-60-63-66-72(75)78-69-70(68-77-71(74)65-62-59-56-53-18-15-12-9-6-3)79-73(76)67-64-61-58-55-52-50-48-46-44-42-39-32-30-28-26-24-22-20-17-14-11-8-5-2/h7,10,16,19,22-25,28-31,34-35,39,42,70H,4-6,8-9,11-15,17-18,20-21,26-27,32-33,36-38,40-41,43-69H2,1-3H3/b10-7-,19-16-,24-22-,25-23-,30-28-,31-29-,35-34-,42-39-. The number of hydrogen-bond acceptors (Lipinski definition) is 6. The van der Waals surface area contributed by atoms with E-state index in [0.717, 1.165) is 109 Å². The highest BCUT2D eigenvalue weighted by molar-refractivity contribution is 5.71. The molecular formula is C73H126O6. The summed E-state index contributed by atoms with van der Waals surface area (Å²) in [6.07, 6.45) is 90.0. The molecule has 0 bridgehead atoms. The van der Waals surface area contributed by atoms with Crippen LogP contribution in [0.3, 0.4) is 0 Å². The molecule has 454 valence electrons. The lowest BCUT2D eigenvalue weighted by Gasteiger charge is -2.18. The van der Waals surface area contributed by atoms with Crippen LogP contribution in [0.2, 0.25) is 0 Å². The Morgan fingerprint density at radius 1 is 0.266 bits per heavy atom. The molecule has 0 aliphatic carbocycles. The lowest BCUT2D eigenvalue weighted by atomic mass is 10.0. The summed E-state index contributed by atoms with van der Waals surface area (Å²) in [7, 11) is 0. The number of hydrogen-bond donors (Lipinski definition) is 0. The second-order valence-electron chi connectivity index (χ2n) is 22.4. The van der Waals surface area contributed by atoms with Crippen molar-refractivity contribution in [3.05, 3.63) is 97.2 Å². The zero-order valence-electron chi connectivity index (χ0n) is 52.1. The van der Waals surface area contributed by atoms with Crippen molar-refractivity contribution in [3.8, 4) is 0 Å². The minimum Gasteiger partial charge on any atom is -0.462 e. The molecule has 79 heavy (non-hydrogen) atoms. The van der Waals surface area contributed by atoms with Crippen LogP contribution in [-0.4, -0.2) is 37.2 Å². The van der Waals surface area contributed by atoms with Crippen LogP contribution >= 0.6 is 0 Å². The van der Waals surface area contributed by atoms with Gasteiger partial charge in [-0.15, -0.1) is 0 Å². The summed E-state index contributed by atoms with van der Waals surface area (Å²) in [6.45, 7) is 6.52. The molecule has 0 fully saturated rings. The van der Waals surface area contributed by atoms with E-state index in [-0.39, 0.29) is 31.1 Å². The van der Waals surface area contributed by atoms with Crippen molar-refractivity contribution in [2.75, 3.05) is 13.2 Å². The fourth-order valence-electron chi connectivity index (χ4n) is 9.54. The van der Waals surface area contributed by atoms with Gasteiger partial charge < -0.3 is 14.2 Å². The van der Waals surface area contributed by atoms with Crippen LogP contribution < -0.4 is 0 Å². The van der Waals surface area contributed by atoms with Crippen molar-refractivity contribution in [1.82, 2.24) is 0 Å². The van der Waals surface area contributed by atoms with Gasteiger partial charge in [-0.3, -0.25) is 14.4 Å². The van der Waals surface area contributed by atoms with Crippen LogP contribution in [0.5, 0.6) is 0 Å². The van der Waals surface area contributed by atoms with Gasteiger partial charge in [-0.05, 0) is 103 Å². The first-order valence-corrected chi connectivity index (χ1v) is 33.7. The van der Waals surface area contributed by atoms with Gasteiger partial charge >= 0.3 is 17.9 Å². The average molecular weight is 1100 g/mol. The van der Waals surface area contributed by atoms with Crippen molar-refractivity contribution in [2.45, 2.75) is 335 Å². The molecule has 6 nitrogen and oxygen atoms in total. The number of rotatable bonds is 61. The van der Waals surface area contributed by atoms with Gasteiger partial charge in [0.25, 0.3) is 0 Å². The Kier molecular flexibility index (Phi) is 63.7. The van der Waals surface area contributed by atoms with E-state index in [1.54, 1.807) is 0 Å². The van der Waals surface area contributed by atoms with Crippen molar-refractivity contribution >= 4 is 17.9 Å². The molecule has 6 heteroatoms. The third kappa shape index (κ3) is 65.0. The summed E-state index contributed by atoms with van der Waals surface area (Å²) in [5.74, 6) is -0.877. The molecule has 0 saturated heterocycles. The molecule has 0 saturated carbocycles. The third-order valence-electron chi connectivity index (χ3n) is 14.6. The minimum absolute atomic E-state index is 0.0776. The Hall–Kier alpha value is -3.67. The first-order chi connectivity index (χ1) is 39.0. The molecule has 0 amide bonds. The Bertz CT molecular complexity index is 1540. The van der Waals surface area contributed by atoms with Gasteiger partial charge in [0.05, 0.1) is 0 Å². The number of unbranched alkanes of at least 4 members (excludes halogenated alkanes) is 34. The Labute approximate surface area is 489 Å². The van der Waals surface area contributed by atoms with E-state index in [4.69, 9.17) is 14.2 Å². The first kappa shape index (κ1) is 75.3. The number of carbonyl (C=O) groups is 3. The van der Waals surface area contributed by atoms with Crippen molar-refractivity contribution in [1.29, 1.82) is 0 Å². The second-order valence-corrected chi connectivity index (χ2v) is 22.4. The molecule has 1 atom stereocenters. The maximum Gasteiger partial charge on any atom is 0.306 e. The zero-order chi connectivity index (χ0) is 57.1. The summed E-state index contributed by atoms with van der Waals surface area (Å²) in [6, 6.07) is 0. The summed E-state index contributed by atoms with van der Waals surface area (Å²) in [5, 5.41) is 0. The Morgan fingerprint density at radius 2 is 0.494 bits per heavy atom. The van der Waals surface area contributed by atoms with Crippen LogP contribution in [0.4, 0.5) is 0 Å². The molecule has 0 spiro atoms. The lowest BCUT2D eigenvalue weighted by molar-refractivity contribution is -0.167. The summed E-state index contributed by atoms with van der Waals surface area (Å²) >= 11 is 0. The normalized spacial score (nSPS) is 12.7. The highest BCUT2D eigenvalue weighted by Crippen LogP contribution is 2.17. The molecule has 0 heterocycles. The highest BCUT2D eigenvalue weighted by atomic mass is 16.6. The minimum atomic E-state index is -0.781. The maximum absolute atomic E-state index is 12.9. The molecule has 0 aromatic rings. The average Bonchev–Trinajstić information content (AvgIpc) is 3.45. The summed E-state index contributed by atoms with van der Waals surface area (Å²) in [5.41, 5.74) is 0. The highest BCUT2D eigenvalue weighted by Gasteiger charge is 2.19. The van der Waals surface area contributed by atoms with Crippen LogP contribution in [0, 0.1) is 0 Å². The van der Waals surface area contributed by atoms with Crippen molar-refractivity contribution in [3.63, 3.8) is 0 Å². The summed E-state index contributed by atoms with van der Waals surface area (Å²) < 4.78 is 16.9. The molecule has 0 N–H and O–H groups in total. The molecule has 0 aromatic carbocycles. The van der Waals surface area contributed by atoms with E-state index in [1.165, 1.54) is 180 Å². The van der Waals surface area contributed by atoms with E-state index in [0.29, 0.717) is 19.3 Å². The number of ether oxygens (including phenoxy) is 3. The molecule has 1 unspecified atom stereocenters. The van der Waals surface area contributed by atoms with Gasteiger partial charge in [0.1, 0.15) is 13.2 Å². The van der Waals surface area contributed by atoms with Crippen LogP contribution in [0.15, 0.2) is 97.2 Å². The molecule has 0 rings (SSSR count). The van der Waals surface area contributed by atoms with Crippen LogP contribution in [0.1, 0.15) is 329 Å². The van der Waals surface area contributed by atoms with Gasteiger partial charge in [0.2, 0.25) is 0 Å². The topological polar surface area (TPSA) is 78.9 Å².